The third-order valence-electron chi connectivity index (χ3n) is 2.21. The zero-order valence-electron chi connectivity index (χ0n) is 9.57. The zero-order valence-corrected chi connectivity index (χ0v) is 9.57. The SMILES string of the molecule is C=C1C=CN(N(C(C)C)C(C)C)C=C1. The highest BCUT2D eigenvalue weighted by molar-refractivity contribution is 5.30. The average Bonchev–Trinajstić information content (AvgIpc) is 2.07. The van der Waals surface area contributed by atoms with Crippen molar-refractivity contribution in [1.82, 2.24) is 10.0 Å². The number of allylic oxidation sites excluding steroid dienone is 3. The van der Waals surface area contributed by atoms with E-state index in [0.717, 1.165) is 5.57 Å². The van der Waals surface area contributed by atoms with Crippen molar-refractivity contribution in [3.05, 3.63) is 36.7 Å². The quantitative estimate of drug-likeness (QED) is 0.678. The lowest BCUT2D eigenvalue weighted by atomic mass is 10.2. The van der Waals surface area contributed by atoms with Crippen LogP contribution in [0.3, 0.4) is 0 Å². The Bertz CT molecular complexity index is 237. The summed E-state index contributed by atoms with van der Waals surface area (Å²) in [5, 5.41) is 4.45. The Labute approximate surface area is 87.2 Å². The maximum absolute atomic E-state index is 3.88. The van der Waals surface area contributed by atoms with Crippen molar-refractivity contribution < 1.29 is 0 Å². The molecular weight excluding hydrogens is 172 g/mol. The second-order valence-corrected chi connectivity index (χ2v) is 4.15. The molecule has 0 atom stereocenters. The Morgan fingerprint density at radius 1 is 1.07 bits per heavy atom. The summed E-state index contributed by atoms with van der Waals surface area (Å²) in [6.07, 6.45) is 8.17. The van der Waals surface area contributed by atoms with Crippen molar-refractivity contribution in [3.63, 3.8) is 0 Å². The van der Waals surface area contributed by atoms with E-state index in [2.05, 4.69) is 56.7 Å². The number of hydrazine groups is 1. The predicted octanol–water partition coefficient (Wildman–Crippen LogP) is 2.92. The van der Waals surface area contributed by atoms with Crippen LogP contribution in [0.15, 0.2) is 36.7 Å². The van der Waals surface area contributed by atoms with E-state index in [4.69, 9.17) is 0 Å². The summed E-state index contributed by atoms with van der Waals surface area (Å²) in [6.45, 7) is 12.7. The van der Waals surface area contributed by atoms with E-state index in [1.54, 1.807) is 0 Å². The van der Waals surface area contributed by atoms with Crippen molar-refractivity contribution in [2.24, 2.45) is 0 Å². The van der Waals surface area contributed by atoms with Crippen LogP contribution in [0.5, 0.6) is 0 Å². The van der Waals surface area contributed by atoms with Gasteiger partial charge in [-0.25, -0.2) is 5.01 Å². The third-order valence-corrected chi connectivity index (χ3v) is 2.21. The molecular formula is C12H20N2. The van der Waals surface area contributed by atoms with Gasteiger partial charge < -0.3 is 0 Å². The molecule has 0 aromatic rings. The van der Waals surface area contributed by atoms with Crippen LogP contribution < -0.4 is 0 Å². The lowest BCUT2D eigenvalue weighted by molar-refractivity contribution is 0.000284. The Balaban J connectivity index is 2.76. The molecule has 1 aliphatic heterocycles. The fourth-order valence-electron chi connectivity index (χ4n) is 1.73. The molecule has 0 saturated heterocycles. The first-order valence-electron chi connectivity index (χ1n) is 5.14. The maximum Gasteiger partial charge on any atom is 0.0243 e. The molecule has 0 radical (unpaired) electrons. The largest absolute Gasteiger partial charge is 0.288 e. The summed E-state index contributed by atoms with van der Waals surface area (Å²) in [5.74, 6) is 0. The molecule has 0 aliphatic carbocycles. The highest BCUT2D eigenvalue weighted by Gasteiger charge is 2.18. The molecule has 78 valence electrons. The van der Waals surface area contributed by atoms with Gasteiger partial charge in [-0.3, -0.25) is 5.01 Å². The van der Waals surface area contributed by atoms with Crippen molar-refractivity contribution in [3.8, 4) is 0 Å². The minimum absolute atomic E-state index is 0.496. The van der Waals surface area contributed by atoms with Gasteiger partial charge >= 0.3 is 0 Å². The van der Waals surface area contributed by atoms with Gasteiger partial charge in [-0.1, -0.05) is 6.58 Å². The van der Waals surface area contributed by atoms with Gasteiger partial charge in [0.05, 0.1) is 0 Å². The van der Waals surface area contributed by atoms with Crippen LogP contribution in [0.2, 0.25) is 0 Å². The summed E-state index contributed by atoms with van der Waals surface area (Å²) in [7, 11) is 0. The molecule has 0 fully saturated rings. The smallest absolute Gasteiger partial charge is 0.0243 e. The second kappa shape index (κ2) is 4.47. The molecule has 0 aromatic heterocycles. The summed E-state index contributed by atoms with van der Waals surface area (Å²) in [4.78, 5) is 0. The van der Waals surface area contributed by atoms with E-state index in [-0.39, 0.29) is 0 Å². The summed E-state index contributed by atoms with van der Waals surface area (Å²) in [6, 6.07) is 0.992. The fourth-order valence-corrected chi connectivity index (χ4v) is 1.73. The first-order chi connectivity index (χ1) is 6.52. The van der Waals surface area contributed by atoms with Gasteiger partial charge in [0.15, 0.2) is 0 Å². The summed E-state index contributed by atoms with van der Waals surface area (Å²) in [5.41, 5.74) is 1.05. The Morgan fingerprint density at radius 2 is 1.50 bits per heavy atom. The normalized spacial score (nSPS) is 16.5. The first kappa shape index (κ1) is 11.1. The van der Waals surface area contributed by atoms with Crippen molar-refractivity contribution >= 4 is 0 Å². The van der Waals surface area contributed by atoms with Gasteiger partial charge in [0.25, 0.3) is 0 Å². The van der Waals surface area contributed by atoms with Crippen LogP contribution in [-0.4, -0.2) is 22.1 Å². The van der Waals surface area contributed by atoms with Crippen LogP contribution in [-0.2, 0) is 0 Å². The van der Waals surface area contributed by atoms with Gasteiger partial charge in [0.2, 0.25) is 0 Å². The van der Waals surface area contributed by atoms with Crippen LogP contribution >= 0.6 is 0 Å². The summed E-state index contributed by atoms with van der Waals surface area (Å²) < 4.78 is 0. The van der Waals surface area contributed by atoms with Gasteiger partial charge in [-0.2, -0.15) is 0 Å². The van der Waals surface area contributed by atoms with Gasteiger partial charge in [0.1, 0.15) is 0 Å². The number of hydrogen-bond donors (Lipinski definition) is 0. The average molecular weight is 192 g/mol. The van der Waals surface area contributed by atoms with E-state index in [1.807, 2.05) is 12.2 Å². The molecule has 2 heteroatoms. The molecule has 1 aliphatic rings. The lowest BCUT2D eigenvalue weighted by Crippen LogP contribution is -2.45. The molecule has 0 bridgehead atoms. The van der Waals surface area contributed by atoms with Crippen molar-refractivity contribution in [2.75, 3.05) is 0 Å². The third kappa shape index (κ3) is 2.48. The van der Waals surface area contributed by atoms with Gasteiger partial charge in [-0.05, 0) is 45.4 Å². The van der Waals surface area contributed by atoms with E-state index < -0.39 is 0 Å². The Kier molecular flexibility index (Phi) is 3.53. The molecule has 0 aromatic carbocycles. The van der Waals surface area contributed by atoms with Crippen LogP contribution in [0, 0.1) is 0 Å². The van der Waals surface area contributed by atoms with E-state index in [0.29, 0.717) is 12.1 Å². The Hall–Kier alpha value is -1.02. The molecule has 0 saturated carbocycles. The highest BCUT2D eigenvalue weighted by atomic mass is 15.6. The van der Waals surface area contributed by atoms with Crippen LogP contribution in [0.4, 0.5) is 0 Å². The number of rotatable bonds is 3. The van der Waals surface area contributed by atoms with E-state index in [1.165, 1.54) is 0 Å². The molecule has 2 nitrogen and oxygen atoms in total. The lowest BCUT2D eigenvalue weighted by Gasteiger charge is -2.39. The molecule has 0 N–H and O–H groups in total. The van der Waals surface area contributed by atoms with Crippen LogP contribution in [0.1, 0.15) is 27.7 Å². The molecule has 0 amide bonds. The molecule has 1 rings (SSSR count). The molecule has 0 unspecified atom stereocenters. The van der Waals surface area contributed by atoms with Crippen LogP contribution in [0.25, 0.3) is 0 Å². The topological polar surface area (TPSA) is 6.48 Å². The van der Waals surface area contributed by atoms with Crippen molar-refractivity contribution in [2.45, 2.75) is 39.8 Å². The fraction of sp³-hybridized carbons (Fsp3) is 0.500. The molecule has 14 heavy (non-hydrogen) atoms. The summed E-state index contributed by atoms with van der Waals surface area (Å²) >= 11 is 0. The van der Waals surface area contributed by atoms with Gasteiger partial charge in [0, 0.05) is 24.5 Å². The predicted molar refractivity (Wildman–Crippen MR) is 61.4 cm³/mol. The van der Waals surface area contributed by atoms with E-state index in [9.17, 15) is 0 Å². The van der Waals surface area contributed by atoms with Crippen molar-refractivity contribution in [1.29, 1.82) is 0 Å². The molecule has 1 heterocycles. The Morgan fingerprint density at radius 3 is 1.86 bits per heavy atom. The number of nitrogens with zero attached hydrogens (tertiary/aromatic N) is 2. The molecule has 0 spiro atoms. The second-order valence-electron chi connectivity index (χ2n) is 4.15. The monoisotopic (exact) mass is 192 g/mol. The van der Waals surface area contributed by atoms with Gasteiger partial charge in [-0.15, -0.1) is 0 Å². The zero-order chi connectivity index (χ0) is 10.7. The van der Waals surface area contributed by atoms with E-state index >= 15 is 0 Å². The maximum atomic E-state index is 3.88. The first-order valence-corrected chi connectivity index (χ1v) is 5.14. The minimum atomic E-state index is 0.496. The minimum Gasteiger partial charge on any atom is -0.288 e. The number of hydrogen-bond acceptors (Lipinski definition) is 2. The highest BCUT2D eigenvalue weighted by Crippen LogP contribution is 2.15. The standard InChI is InChI=1S/C12H20N2/c1-10(2)14(11(3)4)13-8-6-12(5)7-9-13/h6-11H,5H2,1-4H3.